The second-order valence-corrected chi connectivity index (χ2v) is 5.24. The molecular weight excluding hydrogens is 280 g/mol. The Labute approximate surface area is 128 Å². The summed E-state index contributed by atoms with van der Waals surface area (Å²) in [5.74, 6) is 0. The highest BCUT2D eigenvalue weighted by Crippen LogP contribution is 2.17. The zero-order valence-electron chi connectivity index (χ0n) is 12.4. The second kappa shape index (κ2) is 6.48. The standard InChI is InChI=1S/C15H21N6O/c16-14-11-18-21-5-2-13(10-15(14)21)17-3-1-4-19-6-7-20(12-19)8-9-22/h2,5-7,10-12,17,22H,1,3-4,8-9,16H2/q+1. The van der Waals surface area contributed by atoms with E-state index in [-0.39, 0.29) is 6.61 Å². The lowest BCUT2D eigenvalue weighted by Crippen LogP contribution is -2.32. The van der Waals surface area contributed by atoms with Gasteiger partial charge in [0.05, 0.1) is 30.6 Å². The van der Waals surface area contributed by atoms with Crippen molar-refractivity contribution in [1.82, 2.24) is 14.2 Å². The van der Waals surface area contributed by atoms with Crippen molar-refractivity contribution in [3.05, 3.63) is 43.2 Å². The van der Waals surface area contributed by atoms with Gasteiger partial charge in [0.2, 0.25) is 6.33 Å². The van der Waals surface area contributed by atoms with Crippen LogP contribution in [0.4, 0.5) is 11.4 Å². The van der Waals surface area contributed by atoms with Gasteiger partial charge in [-0.15, -0.1) is 0 Å². The molecule has 0 atom stereocenters. The normalized spacial score (nSPS) is 11.1. The molecule has 0 aliphatic heterocycles. The Morgan fingerprint density at radius 3 is 3.14 bits per heavy atom. The van der Waals surface area contributed by atoms with Gasteiger partial charge in [-0.1, -0.05) is 0 Å². The van der Waals surface area contributed by atoms with E-state index in [2.05, 4.69) is 15.0 Å². The van der Waals surface area contributed by atoms with Crippen LogP contribution in [0.2, 0.25) is 0 Å². The lowest BCUT2D eigenvalue weighted by molar-refractivity contribution is -0.696. The summed E-state index contributed by atoms with van der Waals surface area (Å²) >= 11 is 0. The molecule has 0 aliphatic rings. The van der Waals surface area contributed by atoms with Crippen LogP contribution >= 0.6 is 0 Å². The van der Waals surface area contributed by atoms with E-state index in [0.717, 1.165) is 30.7 Å². The molecule has 0 aromatic carbocycles. The summed E-state index contributed by atoms with van der Waals surface area (Å²) in [5, 5.41) is 16.4. The van der Waals surface area contributed by atoms with Crippen LogP contribution in [-0.4, -0.2) is 32.4 Å². The number of nitrogens with two attached hydrogens (primary N) is 1. The molecule has 0 bridgehead atoms. The molecule has 7 heteroatoms. The molecule has 0 aliphatic carbocycles. The van der Waals surface area contributed by atoms with Gasteiger partial charge in [0.1, 0.15) is 18.9 Å². The first kappa shape index (κ1) is 14.4. The van der Waals surface area contributed by atoms with Gasteiger partial charge < -0.3 is 16.2 Å². The van der Waals surface area contributed by atoms with Crippen molar-refractivity contribution >= 4 is 16.9 Å². The van der Waals surface area contributed by atoms with Crippen LogP contribution in [0.5, 0.6) is 0 Å². The fourth-order valence-corrected chi connectivity index (χ4v) is 2.42. The molecule has 0 spiro atoms. The summed E-state index contributed by atoms with van der Waals surface area (Å²) in [6, 6.07) is 4.00. The highest BCUT2D eigenvalue weighted by atomic mass is 16.3. The maximum Gasteiger partial charge on any atom is 0.243 e. The van der Waals surface area contributed by atoms with Crippen LogP contribution in [0.3, 0.4) is 0 Å². The van der Waals surface area contributed by atoms with Gasteiger partial charge in [-0.3, -0.25) is 0 Å². The molecule has 3 aromatic heterocycles. The summed E-state index contributed by atoms with van der Waals surface area (Å²) < 4.78 is 5.86. The minimum absolute atomic E-state index is 0.163. The number of aromatic nitrogens is 4. The van der Waals surface area contributed by atoms with Gasteiger partial charge in [-0.05, 0) is 12.1 Å². The van der Waals surface area contributed by atoms with E-state index in [1.54, 1.807) is 10.7 Å². The lowest BCUT2D eigenvalue weighted by atomic mass is 10.3. The number of hydrogen-bond acceptors (Lipinski definition) is 4. The maximum atomic E-state index is 8.89. The topological polar surface area (TPSA) is 84.4 Å². The Morgan fingerprint density at radius 1 is 1.36 bits per heavy atom. The number of pyridine rings is 1. The number of rotatable bonds is 7. The first-order valence-electron chi connectivity index (χ1n) is 7.39. The molecule has 0 radical (unpaired) electrons. The second-order valence-electron chi connectivity index (χ2n) is 5.24. The van der Waals surface area contributed by atoms with Crippen LogP contribution in [-0.2, 0) is 13.1 Å². The third-order valence-electron chi connectivity index (χ3n) is 3.58. The van der Waals surface area contributed by atoms with Gasteiger partial charge in [-0.2, -0.15) is 5.10 Å². The van der Waals surface area contributed by atoms with Crippen molar-refractivity contribution in [2.24, 2.45) is 0 Å². The highest BCUT2D eigenvalue weighted by molar-refractivity contribution is 5.72. The predicted octanol–water partition coefficient (Wildman–Crippen LogP) is 0.500. The van der Waals surface area contributed by atoms with Gasteiger partial charge in [0, 0.05) is 24.8 Å². The summed E-state index contributed by atoms with van der Waals surface area (Å²) in [6.45, 7) is 2.61. The minimum Gasteiger partial charge on any atom is -0.396 e. The predicted molar refractivity (Wildman–Crippen MR) is 84.4 cm³/mol. The van der Waals surface area contributed by atoms with Crippen molar-refractivity contribution in [2.45, 2.75) is 19.5 Å². The first-order chi connectivity index (χ1) is 10.8. The quantitative estimate of drug-likeness (QED) is 0.438. The Morgan fingerprint density at radius 2 is 2.27 bits per heavy atom. The van der Waals surface area contributed by atoms with E-state index < -0.39 is 0 Å². The van der Waals surface area contributed by atoms with E-state index in [4.69, 9.17) is 10.8 Å². The van der Waals surface area contributed by atoms with Crippen LogP contribution in [0.15, 0.2) is 43.2 Å². The average molecular weight is 301 g/mol. The summed E-state index contributed by atoms with van der Waals surface area (Å²) in [4.78, 5) is 0. The van der Waals surface area contributed by atoms with Gasteiger partial charge in [0.15, 0.2) is 0 Å². The van der Waals surface area contributed by atoms with E-state index in [1.165, 1.54) is 0 Å². The smallest absolute Gasteiger partial charge is 0.243 e. The fraction of sp³-hybridized carbons (Fsp3) is 0.333. The molecule has 0 saturated carbocycles. The number of aliphatic hydroxyl groups excluding tert-OH is 1. The van der Waals surface area contributed by atoms with Gasteiger partial charge in [-0.25, -0.2) is 13.6 Å². The van der Waals surface area contributed by atoms with Crippen molar-refractivity contribution < 1.29 is 9.67 Å². The van der Waals surface area contributed by atoms with E-state index >= 15 is 0 Å². The highest BCUT2D eigenvalue weighted by Gasteiger charge is 2.04. The van der Waals surface area contributed by atoms with Crippen LogP contribution < -0.4 is 15.6 Å². The molecule has 3 heterocycles. The van der Waals surface area contributed by atoms with Crippen molar-refractivity contribution in [2.75, 3.05) is 24.2 Å². The number of nitrogens with zero attached hydrogens (tertiary/aromatic N) is 4. The monoisotopic (exact) mass is 301 g/mol. The van der Waals surface area contributed by atoms with Crippen molar-refractivity contribution in [3.8, 4) is 0 Å². The molecule has 0 saturated heterocycles. The number of hydrogen-bond donors (Lipinski definition) is 3. The third kappa shape index (κ3) is 3.20. The number of imidazole rings is 1. The number of nitrogens with one attached hydrogen (secondary N) is 1. The Balaban J connectivity index is 1.50. The zero-order chi connectivity index (χ0) is 15.4. The first-order valence-corrected chi connectivity index (χ1v) is 7.39. The maximum absolute atomic E-state index is 8.89. The molecular formula is C15H21N6O+. The van der Waals surface area contributed by atoms with Gasteiger partial charge >= 0.3 is 0 Å². The largest absolute Gasteiger partial charge is 0.396 e. The van der Waals surface area contributed by atoms with Crippen molar-refractivity contribution in [3.63, 3.8) is 0 Å². The Hall–Kier alpha value is -2.54. The van der Waals surface area contributed by atoms with E-state index in [0.29, 0.717) is 12.2 Å². The average Bonchev–Trinajstić information content (AvgIpc) is 3.12. The molecule has 4 N–H and O–H groups in total. The molecule has 3 aromatic rings. The Bertz CT molecular complexity index is 747. The van der Waals surface area contributed by atoms with Gasteiger partial charge in [0.25, 0.3) is 0 Å². The van der Waals surface area contributed by atoms with Crippen LogP contribution in [0.25, 0.3) is 5.52 Å². The number of aryl methyl sites for hydroxylation is 1. The third-order valence-corrected chi connectivity index (χ3v) is 3.58. The molecule has 7 nitrogen and oxygen atoms in total. The summed E-state index contributed by atoms with van der Waals surface area (Å²) in [7, 11) is 0. The summed E-state index contributed by atoms with van der Waals surface area (Å²) in [5.41, 5.74) is 8.51. The zero-order valence-corrected chi connectivity index (χ0v) is 12.4. The fourth-order valence-electron chi connectivity index (χ4n) is 2.42. The Kier molecular flexibility index (Phi) is 4.24. The van der Waals surface area contributed by atoms with E-state index in [1.807, 2.05) is 41.6 Å². The lowest BCUT2D eigenvalue weighted by Gasteiger charge is -2.06. The number of anilines is 2. The van der Waals surface area contributed by atoms with E-state index in [9.17, 15) is 0 Å². The number of aliphatic hydroxyl groups is 1. The summed E-state index contributed by atoms with van der Waals surface area (Å²) in [6.07, 6.45) is 10.6. The molecule has 22 heavy (non-hydrogen) atoms. The van der Waals surface area contributed by atoms with Crippen LogP contribution in [0.1, 0.15) is 6.42 Å². The number of fused-ring (bicyclic) bond motifs is 1. The minimum atomic E-state index is 0.163. The number of nitrogen functional groups attached to an aromatic ring is 1. The molecule has 0 unspecified atom stereocenters. The molecule has 3 rings (SSSR count). The SMILES string of the molecule is Nc1cnn2ccc(NCCC[n+]3ccn(CCO)c3)cc12. The molecule has 116 valence electrons. The molecule has 0 fully saturated rings. The molecule has 0 amide bonds. The van der Waals surface area contributed by atoms with Crippen LogP contribution in [0, 0.1) is 0 Å². The van der Waals surface area contributed by atoms with Crippen molar-refractivity contribution in [1.29, 1.82) is 0 Å².